The molecule has 1 N–H and O–H groups in total. The molecule has 0 spiro atoms. The van der Waals surface area contributed by atoms with E-state index in [0.717, 1.165) is 0 Å². The molecule has 0 heterocycles. The summed E-state index contributed by atoms with van der Waals surface area (Å²) in [5, 5.41) is 3.17. The Bertz CT molecular complexity index is 611. The fourth-order valence-corrected chi connectivity index (χ4v) is 1.88. The zero-order valence-electron chi connectivity index (χ0n) is 11.1. The quantitative estimate of drug-likeness (QED) is 0.936. The maximum atomic E-state index is 12.1. The van der Waals surface area contributed by atoms with Crippen LogP contribution in [-0.4, -0.2) is 20.1 Å². The van der Waals surface area contributed by atoms with E-state index < -0.39 is 0 Å². The Balaban J connectivity index is 2.14. The third kappa shape index (κ3) is 3.22. The Labute approximate surface area is 122 Å². The van der Waals surface area contributed by atoms with Crippen LogP contribution in [0.25, 0.3) is 0 Å². The predicted octanol–water partition coefficient (Wildman–Crippen LogP) is 3.61. The minimum absolute atomic E-state index is 0.236. The molecule has 2 aromatic rings. The van der Waals surface area contributed by atoms with Crippen molar-refractivity contribution in [3.63, 3.8) is 0 Å². The smallest absolute Gasteiger partial charge is 0.255 e. The Hall–Kier alpha value is -2.20. The summed E-state index contributed by atoms with van der Waals surface area (Å²) in [6, 6.07) is 11.9. The molecule has 0 bridgehead atoms. The normalized spacial score (nSPS) is 9.95. The van der Waals surface area contributed by atoms with Gasteiger partial charge in [0.2, 0.25) is 0 Å². The largest absolute Gasteiger partial charge is 0.497 e. The number of rotatable bonds is 4. The monoisotopic (exact) mass is 291 g/mol. The van der Waals surface area contributed by atoms with Crippen LogP contribution in [0.5, 0.6) is 11.5 Å². The molecule has 1 amide bonds. The predicted molar refractivity (Wildman–Crippen MR) is 79.0 cm³/mol. The van der Waals surface area contributed by atoms with Crippen molar-refractivity contribution in [2.45, 2.75) is 0 Å². The summed E-state index contributed by atoms with van der Waals surface area (Å²) in [5.41, 5.74) is 1.06. The fourth-order valence-electron chi connectivity index (χ4n) is 1.66. The van der Waals surface area contributed by atoms with Gasteiger partial charge in [-0.25, -0.2) is 0 Å². The van der Waals surface area contributed by atoms with Gasteiger partial charge in [-0.15, -0.1) is 0 Å². The highest BCUT2D eigenvalue weighted by Crippen LogP contribution is 2.27. The van der Waals surface area contributed by atoms with E-state index >= 15 is 0 Å². The van der Waals surface area contributed by atoms with Gasteiger partial charge in [0.25, 0.3) is 5.91 Å². The van der Waals surface area contributed by atoms with Crippen LogP contribution >= 0.6 is 11.6 Å². The zero-order valence-corrected chi connectivity index (χ0v) is 11.9. The number of halogens is 1. The molecule has 0 radical (unpaired) electrons. The van der Waals surface area contributed by atoms with Crippen molar-refractivity contribution in [2.24, 2.45) is 0 Å². The Kier molecular flexibility index (Phi) is 4.48. The van der Waals surface area contributed by atoms with E-state index in [9.17, 15) is 4.79 Å². The molecule has 2 rings (SSSR count). The third-order valence-corrected chi connectivity index (χ3v) is 3.09. The number of amides is 1. The lowest BCUT2D eigenvalue weighted by atomic mass is 10.2. The number of hydrogen-bond acceptors (Lipinski definition) is 3. The summed E-state index contributed by atoms with van der Waals surface area (Å²) >= 11 is 6.07. The summed E-state index contributed by atoms with van der Waals surface area (Å²) in [6.07, 6.45) is 0. The van der Waals surface area contributed by atoms with Crippen LogP contribution in [0, 0.1) is 0 Å². The number of methoxy groups -OCH3 is 2. The molecule has 0 unspecified atom stereocenters. The second-order valence-electron chi connectivity index (χ2n) is 4.03. The van der Waals surface area contributed by atoms with E-state index in [4.69, 9.17) is 21.1 Å². The highest BCUT2D eigenvalue weighted by atomic mass is 35.5. The number of carbonyl (C=O) groups is 1. The number of anilines is 1. The van der Waals surface area contributed by atoms with Gasteiger partial charge in [0, 0.05) is 11.6 Å². The van der Waals surface area contributed by atoms with Crippen LogP contribution in [-0.2, 0) is 0 Å². The fraction of sp³-hybridized carbons (Fsp3) is 0.133. The molecule has 0 saturated carbocycles. The van der Waals surface area contributed by atoms with Gasteiger partial charge in [0.15, 0.2) is 0 Å². The molecular weight excluding hydrogens is 278 g/mol. The lowest BCUT2D eigenvalue weighted by molar-refractivity contribution is 0.102. The average molecular weight is 292 g/mol. The molecule has 0 saturated heterocycles. The number of nitrogens with one attached hydrogen (secondary N) is 1. The zero-order chi connectivity index (χ0) is 14.5. The maximum absolute atomic E-state index is 12.1. The van der Waals surface area contributed by atoms with Gasteiger partial charge in [0.1, 0.15) is 11.5 Å². The first-order chi connectivity index (χ1) is 9.63. The Morgan fingerprint density at radius 3 is 2.15 bits per heavy atom. The van der Waals surface area contributed by atoms with Crippen molar-refractivity contribution in [3.8, 4) is 11.5 Å². The third-order valence-electron chi connectivity index (χ3n) is 2.78. The summed E-state index contributed by atoms with van der Waals surface area (Å²) in [5.74, 6) is 1.10. The van der Waals surface area contributed by atoms with E-state index in [1.165, 1.54) is 0 Å². The molecular formula is C15H14ClNO3. The van der Waals surface area contributed by atoms with Crippen molar-refractivity contribution in [1.82, 2.24) is 0 Å². The average Bonchev–Trinajstić information content (AvgIpc) is 2.49. The van der Waals surface area contributed by atoms with Gasteiger partial charge in [-0.2, -0.15) is 0 Å². The number of carbonyl (C=O) groups excluding carboxylic acids is 1. The summed E-state index contributed by atoms with van der Waals surface area (Å²) in [6.45, 7) is 0. The second kappa shape index (κ2) is 6.30. The van der Waals surface area contributed by atoms with Crippen LogP contribution in [0.4, 0.5) is 5.69 Å². The van der Waals surface area contributed by atoms with E-state index in [1.54, 1.807) is 56.7 Å². The van der Waals surface area contributed by atoms with Gasteiger partial charge in [-0.1, -0.05) is 11.6 Å². The molecule has 4 nitrogen and oxygen atoms in total. The standard InChI is InChI=1S/C15H14ClNO3/c1-19-11-5-3-10(4-6-11)15(18)17-14-8-7-12(20-2)9-13(14)16/h3-9H,1-2H3,(H,17,18). The van der Waals surface area contributed by atoms with Gasteiger partial charge in [0.05, 0.1) is 24.9 Å². The summed E-state index contributed by atoms with van der Waals surface area (Å²) in [4.78, 5) is 12.1. The van der Waals surface area contributed by atoms with Crippen molar-refractivity contribution in [1.29, 1.82) is 0 Å². The first-order valence-corrected chi connectivity index (χ1v) is 6.31. The van der Waals surface area contributed by atoms with Crippen LogP contribution in [0.1, 0.15) is 10.4 Å². The number of benzene rings is 2. The van der Waals surface area contributed by atoms with Crippen molar-refractivity contribution in [3.05, 3.63) is 53.1 Å². The van der Waals surface area contributed by atoms with Crippen LogP contribution in [0.3, 0.4) is 0 Å². The van der Waals surface area contributed by atoms with E-state index in [-0.39, 0.29) is 5.91 Å². The van der Waals surface area contributed by atoms with Crippen LogP contribution in [0.2, 0.25) is 5.02 Å². The van der Waals surface area contributed by atoms with Crippen molar-refractivity contribution < 1.29 is 14.3 Å². The minimum atomic E-state index is -0.236. The second-order valence-corrected chi connectivity index (χ2v) is 4.44. The highest BCUT2D eigenvalue weighted by molar-refractivity contribution is 6.34. The molecule has 5 heteroatoms. The molecule has 0 aromatic heterocycles. The lowest BCUT2D eigenvalue weighted by Crippen LogP contribution is -2.12. The van der Waals surface area contributed by atoms with Crippen molar-refractivity contribution in [2.75, 3.05) is 19.5 Å². The molecule has 0 atom stereocenters. The van der Waals surface area contributed by atoms with Gasteiger partial charge >= 0.3 is 0 Å². The van der Waals surface area contributed by atoms with E-state index in [0.29, 0.717) is 27.8 Å². The molecule has 0 aliphatic heterocycles. The molecule has 2 aromatic carbocycles. The summed E-state index contributed by atoms with van der Waals surface area (Å²) in [7, 11) is 3.13. The molecule has 104 valence electrons. The minimum Gasteiger partial charge on any atom is -0.497 e. The van der Waals surface area contributed by atoms with Gasteiger partial charge < -0.3 is 14.8 Å². The summed E-state index contributed by atoms with van der Waals surface area (Å²) < 4.78 is 10.1. The molecule has 0 fully saturated rings. The first kappa shape index (κ1) is 14.2. The lowest BCUT2D eigenvalue weighted by Gasteiger charge is -2.09. The first-order valence-electron chi connectivity index (χ1n) is 5.93. The van der Waals surface area contributed by atoms with Gasteiger partial charge in [-0.05, 0) is 36.4 Å². The topological polar surface area (TPSA) is 47.6 Å². The Morgan fingerprint density at radius 1 is 1.00 bits per heavy atom. The van der Waals surface area contributed by atoms with E-state index in [1.807, 2.05) is 0 Å². The number of ether oxygens (including phenoxy) is 2. The SMILES string of the molecule is COc1ccc(C(=O)Nc2ccc(OC)cc2Cl)cc1. The van der Waals surface area contributed by atoms with E-state index in [2.05, 4.69) is 5.32 Å². The molecule has 0 aliphatic carbocycles. The van der Waals surface area contributed by atoms with Crippen LogP contribution < -0.4 is 14.8 Å². The highest BCUT2D eigenvalue weighted by Gasteiger charge is 2.09. The molecule has 0 aliphatic rings. The van der Waals surface area contributed by atoms with Gasteiger partial charge in [-0.3, -0.25) is 4.79 Å². The van der Waals surface area contributed by atoms with Crippen LogP contribution in [0.15, 0.2) is 42.5 Å². The number of hydrogen-bond donors (Lipinski definition) is 1. The molecule has 20 heavy (non-hydrogen) atoms. The maximum Gasteiger partial charge on any atom is 0.255 e. The van der Waals surface area contributed by atoms with Crippen molar-refractivity contribution >= 4 is 23.2 Å². The Morgan fingerprint density at radius 2 is 1.60 bits per heavy atom.